The second kappa shape index (κ2) is 8.65. The summed E-state index contributed by atoms with van der Waals surface area (Å²) in [6, 6.07) is 13.7. The second-order valence-corrected chi connectivity index (χ2v) is 9.64. The molecule has 6 nitrogen and oxygen atoms in total. The number of halogens is 1. The zero-order valence-corrected chi connectivity index (χ0v) is 19.0. The largest absolute Gasteiger partial charge is 0.386 e. The van der Waals surface area contributed by atoms with Crippen LogP contribution in [-0.4, -0.2) is 49.7 Å². The van der Waals surface area contributed by atoms with E-state index in [1.165, 1.54) is 35.4 Å². The predicted octanol–water partition coefficient (Wildman–Crippen LogP) is 3.90. The summed E-state index contributed by atoms with van der Waals surface area (Å²) in [6.07, 6.45) is 3.37. The molecule has 2 aromatic heterocycles. The first kappa shape index (κ1) is 20.5. The standard InChI is InChI=1S/C23H26ClN5OS/c1-25-20-18-8-9-19(24)28-23(18)31-21(20)22(30)26-11-10-14-2-6-17(7-3-14)29-12-15-4-5-16(13-29)27-15/h2-3,6-9,15-16,25,27H,4-5,10-13H2,1H3,(H,26,30). The highest BCUT2D eigenvalue weighted by Gasteiger charge is 2.32. The highest BCUT2D eigenvalue weighted by molar-refractivity contribution is 7.21. The van der Waals surface area contributed by atoms with Crippen LogP contribution in [0.5, 0.6) is 0 Å². The number of thiophene rings is 1. The number of amides is 1. The Morgan fingerprint density at radius 3 is 2.65 bits per heavy atom. The van der Waals surface area contributed by atoms with Crippen molar-refractivity contribution in [3.8, 4) is 0 Å². The summed E-state index contributed by atoms with van der Waals surface area (Å²) < 4.78 is 0. The maximum absolute atomic E-state index is 12.8. The van der Waals surface area contributed by atoms with Gasteiger partial charge in [-0.3, -0.25) is 4.79 Å². The van der Waals surface area contributed by atoms with Crippen molar-refractivity contribution in [2.45, 2.75) is 31.3 Å². The fraction of sp³-hybridized carbons (Fsp3) is 0.391. The van der Waals surface area contributed by atoms with Crippen LogP contribution in [0.25, 0.3) is 10.2 Å². The van der Waals surface area contributed by atoms with Crippen LogP contribution >= 0.6 is 22.9 Å². The van der Waals surface area contributed by atoms with E-state index in [4.69, 9.17) is 11.6 Å². The van der Waals surface area contributed by atoms with E-state index < -0.39 is 0 Å². The van der Waals surface area contributed by atoms with E-state index in [0.29, 0.717) is 28.7 Å². The molecule has 3 aromatic rings. The number of pyridine rings is 1. The van der Waals surface area contributed by atoms with Crippen LogP contribution in [0.15, 0.2) is 36.4 Å². The average molecular weight is 456 g/mol. The normalized spacial score (nSPS) is 20.3. The Kier molecular flexibility index (Phi) is 5.73. The van der Waals surface area contributed by atoms with Gasteiger partial charge >= 0.3 is 0 Å². The van der Waals surface area contributed by atoms with Crippen molar-refractivity contribution in [3.05, 3.63) is 52.0 Å². The lowest BCUT2D eigenvalue weighted by Gasteiger charge is -2.34. The molecular weight excluding hydrogens is 430 g/mol. The number of hydrogen-bond acceptors (Lipinski definition) is 6. The van der Waals surface area contributed by atoms with Crippen LogP contribution < -0.4 is 20.9 Å². The summed E-state index contributed by atoms with van der Waals surface area (Å²) in [7, 11) is 1.82. The summed E-state index contributed by atoms with van der Waals surface area (Å²) in [6.45, 7) is 2.77. The molecule has 0 radical (unpaired) electrons. The van der Waals surface area contributed by atoms with E-state index in [1.807, 2.05) is 13.1 Å². The van der Waals surface area contributed by atoms with E-state index in [2.05, 4.69) is 50.1 Å². The van der Waals surface area contributed by atoms with Gasteiger partial charge in [0.1, 0.15) is 14.9 Å². The molecule has 2 unspecified atom stereocenters. The molecule has 2 bridgehead atoms. The summed E-state index contributed by atoms with van der Waals surface area (Å²) in [5.41, 5.74) is 3.32. The third-order valence-corrected chi connectivity index (χ3v) is 7.50. The summed E-state index contributed by atoms with van der Waals surface area (Å²) in [5.74, 6) is -0.0867. The molecule has 2 atom stereocenters. The molecule has 8 heteroatoms. The maximum Gasteiger partial charge on any atom is 0.263 e. The molecule has 2 saturated heterocycles. The van der Waals surface area contributed by atoms with Gasteiger partial charge in [0.05, 0.1) is 5.69 Å². The molecule has 4 heterocycles. The van der Waals surface area contributed by atoms with E-state index in [1.54, 1.807) is 6.07 Å². The van der Waals surface area contributed by atoms with Crippen LogP contribution in [0.4, 0.5) is 11.4 Å². The van der Waals surface area contributed by atoms with E-state index >= 15 is 0 Å². The van der Waals surface area contributed by atoms with Gasteiger partial charge in [0.2, 0.25) is 0 Å². The number of aromatic nitrogens is 1. The Morgan fingerprint density at radius 2 is 1.94 bits per heavy atom. The van der Waals surface area contributed by atoms with Crippen molar-refractivity contribution in [2.75, 3.05) is 36.9 Å². The molecule has 2 aliphatic rings. The SMILES string of the molecule is CNc1c(C(=O)NCCc2ccc(N3CC4CCC(C3)N4)cc2)sc2nc(Cl)ccc12. The van der Waals surface area contributed by atoms with E-state index in [9.17, 15) is 4.79 Å². The third kappa shape index (κ3) is 4.22. The molecule has 5 rings (SSSR count). The number of rotatable bonds is 6. The molecule has 0 saturated carbocycles. The minimum absolute atomic E-state index is 0.0867. The van der Waals surface area contributed by atoms with Gasteiger partial charge in [0.25, 0.3) is 5.91 Å². The highest BCUT2D eigenvalue weighted by Crippen LogP contribution is 2.35. The van der Waals surface area contributed by atoms with Crippen LogP contribution in [0.2, 0.25) is 5.15 Å². The lowest BCUT2D eigenvalue weighted by atomic mass is 10.1. The Labute approximate surface area is 191 Å². The summed E-state index contributed by atoms with van der Waals surface area (Å²) in [5, 5.41) is 11.2. The Balaban J connectivity index is 1.19. The number of piperazine rings is 1. The molecule has 1 aromatic carbocycles. The van der Waals surface area contributed by atoms with E-state index in [0.717, 1.165) is 35.4 Å². The predicted molar refractivity (Wildman–Crippen MR) is 129 cm³/mol. The topological polar surface area (TPSA) is 69.3 Å². The fourth-order valence-corrected chi connectivity index (χ4v) is 5.94. The van der Waals surface area contributed by atoms with Gasteiger partial charge in [0.15, 0.2) is 0 Å². The minimum Gasteiger partial charge on any atom is -0.386 e. The molecule has 2 aliphatic heterocycles. The van der Waals surface area contributed by atoms with Gasteiger partial charge in [-0.05, 0) is 49.1 Å². The zero-order chi connectivity index (χ0) is 21.4. The molecule has 2 fully saturated rings. The van der Waals surface area contributed by atoms with Crippen molar-refractivity contribution >= 4 is 50.4 Å². The lowest BCUT2D eigenvalue weighted by Crippen LogP contribution is -2.51. The Hall–Kier alpha value is -2.35. The summed E-state index contributed by atoms with van der Waals surface area (Å²) in [4.78, 5) is 21.0. The highest BCUT2D eigenvalue weighted by atomic mass is 35.5. The minimum atomic E-state index is -0.0867. The van der Waals surface area contributed by atoms with Crippen LogP contribution in [0.1, 0.15) is 28.1 Å². The van der Waals surface area contributed by atoms with Crippen LogP contribution in [0, 0.1) is 0 Å². The van der Waals surface area contributed by atoms with Crippen molar-refractivity contribution in [1.82, 2.24) is 15.6 Å². The molecule has 3 N–H and O–H groups in total. The van der Waals surface area contributed by atoms with Crippen LogP contribution in [-0.2, 0) is 6.42 Å². The molecular formula is C23H26ClN5OS. The Morgan fingerprint density at radius 1 is 1.19 bits per heavy atom. The number of carbonyl (C=O) groups is 1. The number of anilines is 2. The van der Waals surface area contributed by atoms with E-state index in [-0.39, 0.29) is 5.91 Å². The van der Waals surface area contributed by atoms with Gasteiger partial charge in [0, 0.05) is 49.8 Å². The lowest BCUT2D eigenvalue weighted by molar-refractivity contribution is 0.0959. The van der Waals surface area contributed by atoms with Crippen molar-refractivity contribution in [1.29, 1.82) is 0 Å². The molecule has 31 heavy (non-hydrogen) atoms. The van der Waals surface area contributed by atoms with Gasteiger partial charge in [-0.1, -0.05) is 23.7 Å². The molecule has 162 valence electrons. The first-order valence-corrected chi connectivity index (χ1v) is 11.9. The monoisotopic (exact) mass is 455 g/mol. The number of carbonyl (C=O) groups excluding carboxylic acids is 1. The second-order valence-electron chi connectivity index (χ2n) is 8.26. The molecule has 1 amide bonds. The van der Waals surface area contributed by atoms with Crippen molar-refractivity contribution in [3.63, 3.8) is 0 Å². The number of fused-ring (bicyclic) bond motifs is 3. The van der Waals surface area contributed by atoms with Crippen molar-refractivity contribution in [2.24, 2.45) is 0 Å². The van der Waals surface area contributed by atoms with Gasteiger partial charge in [-0.2, -0.15) is 0 Å². The smallest absolute Gasteiger partial charge is 0.263 e. The van der Waals surface area contributed by atoms with Gasteiger partial charge < -0.3 is 20.9 Å². The number of nitrogens with one attached hydrogen (secondary N) is 3. The van der Waals surface area contributed by atoms with Crippen LogP contribution in [0.3, 0.4) is 0 Å². The fourth-order valence-electron chi connectivity index (χ4n) is 4.65. The van der Waals surface area contributed by atoms with Gasteiger partial charge in [-0.15, -0.1) is 11.3 Å². The first-order chi connectivity index (χ1) is 15.1. The first-order valence-electron chi connectivity index (χ1n) is 10.8. The quantitative estimate of drug-likeness (QED) is 0.492. The van der Waals surface area contributed by atoms with Gasteiger partial charge in [-0.25, -0.2) is 4.98 Å². The summed E-state index contributed by atoms with van der Waals surface area (Å²) >= 11 is 7.36. The molecule has 0 spiro atoms. The maximum atomic E-state index is 12.8. The van der Waals surface area contributed by atoms with Crippen molar-refractivity contribution < 1.29 is 4.79 Å². The third-order valence-electron chi connectivity index (χ3n) is 6.19. The zero-order valence-electron chi connectivity index (χ0n) is 17.5. The number of benzene rings is 1. The number of hydrogen-bond donors (Lipinski definition) is 3. The Bertz CT molecular complexity index is 1090. The number of nitrogens with zero attached hydrogens (tertiary/aromatic N) is 2. The molecule has 0 aliphatic carbocycles. The average Bonchev–Trinajstić information content (AvgIpc) is 3.32.